The number of halogens is 4. The number of benzene rings is 1. The van der Waals surface area contributed by atoms with E-state index < -0.39 is 0 Å². The lowest BCUT2D eigenvalue weighted by Crippen LogP contribution is -2.22. The summed E-state index contributed by atoms with van der Waals surface area (Å²) in [5.74, 6) is -0.334. The van der Waals surface area contributed by atoms with E-state index in [1.165, 1.54) is 23.5 Å². The summed E-state index contributed by atoms with van der Waals surface area (Å²) in [6.07, 6.45) is 0. The maximum absolute atomic E-state index is 13.4. The SMILES string of the molecule is CCNC(c1cc(F)ccc1Cl)c1cc(Cl)sc1Cl. The first kappa shape index (κ1) is 15.1. The van der Waals surface area contributed by atoms with Crippen molar-refractivity contribution in [2.45, 2.75) is 13.0 Å². The van der Waals surface area contributed by atoms with Gasteiger partial charge in [0.05, 0.1) is 14.7 Å². The normalized spacial score (nSPS) is 12.7. The van der Waals surface area contributed by atoms with Gasteiger partial charge in [0.15, 0.2) is 0 Å². The first-order chi connectivity index (χ1) is 9.02. The number of thiophene rings is 1. The Labute approximate surface area is 130 Å². The smallest absolute Gasteiger partial charge is 0.123 e. The van der Waals surface area contributed by atoms with Gasteiger partial charge in [-0.15, -0.1) is 11.3 Å². The van der Waals surface area contributed by atoms with Crippen molar-refractivity contribution in [2.75, 3.05) is 6.54 Å². The van der Waals surface area contributed by atoms with E-state index in [9.17, 15) is 4.39 Å². The predicted octanol–water partition coefficient (Wildman–Crippen LogP) is 5.55. The second-order valence-corrected chi connectivity index (χ2v) is 6.63. The van der Waals surface area contributed by atoms with Crippen molar-refractivity contribution in [1.29, 1.82) is 0 Å². The van der Waals surface area contributed by atoms with Crippen LogP contribution in [0.15, 0.2) is 24.3 Å². The molecule has 0 fully saturated rings. The van der Waals surface area contributed by atoms with Crippen molar-refractivity contribution < 1.29 is 4.39 Å². The molecule has 2 rings (SSSR count). The Morgan fingerprint density at radius 3 is 2.53 bits per heavy atom. The summed E-state index contributed by atoms with van der Waals surface area (Å²) in [4.78, 5) is 0. The minimum absolute atomic E-state index is 0.274. The van der Waals surface area contributed by atoms with Crippen LogP contribution in [0, 0.1) is 5.82 Å². The van der Waals surface area contributed by atoms with E-state index in [1.54, 1.807) is 12.1 Å². The fraction of sp³-hybridized carbons (Fsp3) is 0.231. The summed E-state index contributed by atoms with van der Waals surface area (Å²) < 4.78 is 14.6. The molecule has 0 aliphatic heterocycles. The highest BCUT2D eigenvalue weighted by atomic mass is 35.5. The van der Waals surface area contributed by atoms with Crippen molar-refractivity contribution in [3.63, 3.8) is 0 Å². The van der Waals surface area contributed by atoms with Crippen molar-refractivity contribution in [3.05, 3.63) is 54.9 Å². The first-order valence-corrected chi connectivity index (χ1v) is 7.61. The predicted molar refractivity (Wildman–Crippen MR) is 81.3 cm³/mol. The number of hydrogen-bond donors (Lipinski definition) is 1. The summed E-state index contributed by atoms with van der Waals surface area (Å²) in [7, 11) is 0. The standard InChI is InChI=1S/C13H11Cl3FNS/c1-2-18-12(9-6-11(15)19-13(9)16)8-5-7(17)3-4-10(8)14/h3-6,12,18H,2H2,1H3. The van der Waals surface area contributed by atoms with Crippen LogP contribution in [0.3, 0.4) is 0 Å². The third-order valence-corrected chi connectivity index (χ3v) is 4.53. The molecule has 102 valence electrons. The fourth-order valence-corrected chi connectivity index (χ4v) is 3.64. The Bertz CT molecular complexity index is 585. The van der Waals surface area contributed by atoms with Gasteiger partial charge in [-0.3, -0.25) is 0 Å². The monoisotopic (exact) mass is 337 g/mol. The summed E-state index contributed by atoms with van der Waals surface area (Å²) in [5.41, 5.74) is 1.46. The molecule has 0 saturated carbocycles. The fourth-order valence-electron chi connectivity index (χ4n) is 1.88. The maximum atomic E-state index is 13.4. The molecule has 1 nitrogen and oxygen atoms in total. The van der Waals surface area contributed by atoms with Crippen LogP contribution in [0.4, 0.5) is 4.39 Å². The Balaban J connectivity index is 2.51. The summed E-state index contributed by atoms with van der Waals surface area (Å²) in [5, 5.41) is 3.74. The molecule has 0 bridgehead atoms. The van der Waals surface area contributed by atoms with Gasteiger partial charge in [0.1, 0.15) is 5.82 Å². The van der Waals surface area contributed by atoms with E-state index in [0.717, 1.165) is 5.56 Å². The van der Waals surface area contributed by atoms with Crippen LogP contribution in [-0.2, 0) is 0 Å². The molecular weight excluding hydrogens is 328 g/mol. The Hall–Kier alpha value is -0.320. The molecule has 0 spiro atoms. The zero-order valence-electron chi connectivity index (χ0n) is 10.0. The maximum Gasteiger partial charge on any atom is 0.123 e. The van der Waals surface area contributed by atoms with Gasteiger partial charge in [-0.05, 0) is 36.4 Å². The van der Waals surface area contributed by atoms with Gasteiger partial charge in [0.2, 0.25) is 0 Å². The van der Waals surface area contributed by atoms with Crippen molar-refractivity contribution >= 4 is 46.1 Å². The lowest BCUT2D eigenvalue weighted by Gasteiger charge is -2.19. The van der Waals surface area contributed by atoms with Crippen molar-refractivity contribution in [1.82, 2.24) is 5.32 Å². The highest BCUT2D eigenvalue weighted by molar-refractivity contribution is 7.20. The average molecular weight is 339 g/mol. The average Bonchev–Trinajstić information content (AvgIpc) is 2.69. The van der Waals surface area contributed by atoms with E-state index in [-0.39, 0.29) is 11.9 Å². The highest BCUT2D eigenvalue weighted by Gasteiger charge is 2.21. The van der Waals surface area contributed by atoms with Gasteiger partial charge in [-0.2, -0.15) is 0 Å². The van der Waals surface area contributed by atoms with Gasteiger partial charge >= 0.3 is 0 Å². The van der Waals surface area contributed by atoms with Gasteiger partial charge in [0.25, 0.3) is 0 Å². The molecule has 0 amide bonds. The van der Waals surface area contributed by atoms with Crippen molar-refractivity contribution in [2.24, 2.45) is 0 Å². The molecule has 1 heterocycles. The quantitative estimate of drug-likeness (QED) is 0.771. The highest BCUT2D eigenvalue weighted by Crippen LogP contribution is 2.39. The summed E-state index contributed by atoms with van der Waals surface area (Å²) >= 11 is 19.6. The van der Waals surface area contributed by atoms with Gasteiger partial charge in [-0.25, -0.2) is 4.39 Å². The molecule has 1 atom stereocenters. The van der Waals surface area contributed by atoms with Crippen LogP contribution in [0.5, 0.6) is 0 Å². The van der Waals surface area contributed by atoms with Crippen molar-refractivity contribution in [3.8, 4) is 0 Å². The molecule has 1 unspecified atom stereocenters. The Morgan fingerprint density at radius 2 is 1.95 bits per heavy atom. The summed E-state index contributed by atoms with van der Waals surface area (Å²) in [6.45, 7) is 2.66. The number of rotatable bonds is 4. The molecule has 0 aliphatic carbocycles. The lowest BCUT2D eigenvalue weighted by molar-refractivity contribution is 0.604. The van der Waals surface area contributed by atoms with Crippen LogP contribution in [0.2, 0.25) is 13.7 Å². The third-order valence-electron chi connectivity index (χ3n) is 2.67. The molecule has 1 aromatic heterocycles. The molecule has 1 N–H and O–H groups in total. The second-order valence-electron chi connectivity index (χ2n) is 3.94. The molecule has 6 heteroatoms. The van der Waals surface area contributed by atoms with Crippen LogP contribution in [0.1, 0.15) is 24.1 Å². The number of hydrogen-bond acceptors (Lipinski definition) is 2. The molecular formula is C13H11Cl3FNS. The molecule has 2 aromatic rings. The molecule has 0 aliphatic rings. The molecule has 19 heavy (non-hydrogen) atoms. The van der Waals surface area contributed by atoms with E-state index in [0.29, 0.717) is 25.8 Å². The van der Waals surface area contributed by atoms with E-state index >= 15 is 0 Å². The minimum Gasteiger partial charge on any atom is -0.306 e. The topological polar surface area (TPSA) is 12.0 Å². The number of nitrogens with one attached hydrogen (secondary N) is 1. The van der Waals surface area contributed by atoms with E-state index in [1.807, 2.05) is 6.92 Å². The first-order valence-electron chi connectivity index (χ1n) is 5.66. The largest absolute Gasteiger partial charge is 0.306 e. The van der Waals surface area contributed by atoms with Crippen LogP contribution in [0.25, 0.3) is 0 Å². The van der Waals surface area contributed by atoms with Crippen LogP contribution >= 0.6 is 46.1 Å². The van der Waals surface area contributed by atoms with Gasteiger partial charge in [-0.1, -0.05) is 41.7 Å². The molecule has 0 radical (unpaired) electrons. The Morgan fingerprint density at radius 1 is 1.21 bits per heavy atom. The second kappa shape index (κ2) is 6.42. The lowest BCUT2D eigenvalue weighted by atomic mass is 10.0. The van der Waals surface area contributed by atoms with Gasteiger partial charge in [0, 0.05) is 10.6 Å². The summed E-state index contributed by atoms with van der Waals surface area (Å²) in [6, 6.07) is 5.79. The molecule has 0 saturated heterocycles. The van der Waals surface area contributed by atoms with Crippen LogP contribution in [-0.4, -0.2) is 6.54 Å². The van der Waals surface area contributed by atoms with Gasteiger partial charge < -0.3 is 5.32 Å². The molecule has 1 aromatic carbocycles. The Kier molecular flexibility index (Phi) is 5.09. The van der Waals surface area contributed by atoms with Crippen LogP contribution < -0.4 is 5.32 Å². The van der Waals surface area contributed by atoms with E-state index in [2.05, 4.69) is 5.32 Å². The zero-order valence-corrected chi connectivity index (χ0v) is 13.1. The third kappa shape index (κ3) is 3.41. The van der Waals surface area contributed by atoms with E-state index in [4.69, 9.17) is 34.8 Å². The zero-order chi connectivity index (χ0) is 14.0. The minimum atomic E-state index is -0.334.